The van der Waals surface area contributed by atoms with Gasteiger partial charge in [0.1, 0.15) is 0 Å². The number of nitrogens with one attached hydrogen (secondary N) is 1. The van der Waals surface area contributed by atoms with Crippen molar-refractivity contribution in [1.29, 1.82) is 0 Å². The van der Waals surface area contributed by atoms with Gasteiger partial charge in [0.2, 0.25) is 10.6 Å². The zero-order chi connectivity index (χ0) is 21.7. The number of rotatable bonds is 3. The molecule has 0 amide bonds. The summed E-state index contributed by atoms with van der Waals surface area (Å²) in [7, 11) is 0. The predicted molar refractivity (Wildman–Crippen MR) is 127 cm³/mol. The summed E-state index contributed by atoms with van der Waals surface area (Å²) < 4.78 is 0. The smallest absolute Gasteiger partial charge is 0.222 e. The number of hydrogen-bond donors (Lipinski definition) is 1. The van der Waals surface area contributed by atoms with E-state index in [-0.39, 0.29) is 0 Å². The van der Waals surface area contributed by atoms with E-state index in [0.717, 1.165) is 28.4 Å². The van der Waals surface area contributed by atoms with Gasteiger partial charge in [0, 0.05) is 68.4 Å². The van der Waals surface area contributed by atoms with E-state index in [1.807, 2.05) is 12.4 Å². The van der Waals surface area contributed by atoms with E-state index < -0.39 is 0 Å². The molecular weight excluding hydrogens is 499 g/mol. The Labute approximate surface area is 202 Å². The summed E-state index contributed by atoms with van der Waals surface area (Å²) in [5, 5.41) is 4.69. The molecule has 2 aromatic heterocycles. The van der Waals surface area contributed by atoms with E-state index in [0.29, 0.717) is 16.0 Å². The minimum atomic E-state index is 0.291. The molecule has 6 nitrogen and oxygen atoms in total. The maximum absolute atomic E-state index is 5.64. The first-order valence-corrected chi connectivity index (χ1v) is 12.8. The monoisotopic (exact) mass is 526 g/mol. The lowest BCUT2D eigenvalue weighted by molar-refractivity contribution is -0.0645. The van der Waals surface area contributed by atoms with Crippen molar-refractivity contribution in [2.24, 2.45) is 10.8 Å². The van der Waals surface area contributed by atoms with Crippen molar-refractivity contribution in [3.8, 4) is 0 Å². The third-order valence-corrected chi connectivity index (χ3v) is 7.89. The van der Waals surface area contributed by atoms with Crippen molar-refractivity contribution in [3.05, 3.63) is 46.5 Å². The summed E-state index contributed by atoms with van der Waals surface area (Å²) in [4.78, 5) is 18.0. The van der Waals surface area contributed by atoms with Crippen molar-refractivity contribution < 1.29 is 0 Å². The van der Waals surface area contributed by atoms with Crippen LogP contribution in [-0.4, -0.2) is 51.0 Å². The van der Waals surface area contributed by atoms with Gasteiger partial charge in [0.05, 0.1) is 0 Å². The van der Waals surface area contributed by atoms with Crippen LogP contribution in [0.5, 0.6) is 0 Å². The SMILES string of the molecule is C1CC2(C1)CNC2.Clc1ncc(CBr)cn1.Clc1ncc(CN2CC3(CCC3)C2)cn1. The van der Waals surface area contributed by atoms with Crippen LogP contribution in [0.1, 0.15) is 49.7 Å². The Morgan fingerprint density at radius 1 is 0.806 bits per heavy atom. The molecule has 0 aromatic carbocycles. The second-order valence-corrected chi connectivity index (χ2v) is 10.5. The highest BCUT2D eigenvalue weighted by molar-refractivity contribution is 9.08. The summed E-state index contributed by atoms with van der Waals surface area (Å²) in [6, 6.07) is 0. The Bertz CT molecular complexity index is 813. The Morgan fingerprint density at radius 2 is 1.29 bits per heavy atom. The molecule has 0 atom stereocenters. The molecule has 9 heteroatoms. The summed E-state index contributed by atoms with van der Waals surface area (Å²) >= 11 is 14.3. The molecule has 2 aliphatic carbocycles. The maximum Gasteiger partial charge on any atom is 0.222 e. The normalized spacial score (nSPS) is 21.9. The molecule has 1 N–H and O–H groups in total. The lowest BCUT2D eigenvalue weighted by Gasteiger charge is -2.56. The molecule has 2 saturated carbocycles. The number of hydrogen-bond acceptors (Lipinski definition) is 6. The van der Waals surface area contributed by atoms with Gasteiger partial charge < -0.3 is 5.32 Å². The number of halogens is 3. The second-order valence-electron chi connectivity index (χ2n) is 9.31. The predicted octanol–water partition coefficient (Wildman–Crippen LogP) is 4.90. The second kappa shape index (κ2) is 10.4. The van der Waals surface area contributed by atoms with Gasteiger partial charge in [-0.15, -0.1) is 0 Å². The number of alkyl halides is 1. The lowest BCUT2D eigenvalue weighted by Crippen LogP contribution is -2.58. The van der Waals surface area contributed by atoms with Gasteiger partial charge in [0.25, 0.3) is 0 Å². The van der Waals surface area contributed by atoms with Crippen molar-refractivity contribution in [2.75, 3.05) is 26.2 Å². The Hall–Kier alpha value is -0.860. The van der Waals surface area contributed by atoms with Crippen molar-refractivity contribution in [2.45, 2.75) is 50.4 Å². The first-order valence-electron chi connectivity index (χ1n) is 10.9. The molecule has 4 fully saturated rings. The fourth-order valence-corrected chi connectivity index (χ4v) is 5.09. The van der Waals surface area contributed by atoms with E-state index in [4.69, 9.17) is 23.2 Å². The average Bonchev–Trinajstić information content (AvgIpc) is 2.64. The molecule has 2 saturated heterocycles. The van der Waals surface area contributed by atoms with Crippen LogP contribution < -0.4 is 5.32 Å². The minimum Gasteiger partial charge on any atom is -0.316 e. The van der Waals surface area contributed by atoms with Crippen LogP contribution in [0.15, 0.2) is 24.8 Å². The fourth-order valence-electron chi connectivity index (χ4n) is 4.60. The van der Waals surface area contributed by atoms with Crippen LogP contribution in [0.2, 0.25) is 10.6 Å². The molecule has 168 valence electrons. The number of aromatic nitrogens is 4. The highest BCUT2D eigenvalue weighted by Gasteiger charge is 2.46. The highest BCUT2D eigenvalue weighted by atomic mass is 79.9. The van der Waals surface area contributed by atoms with Crippen LogP contribution in [0.25, 0.3) is 0 Å². The van der Waals surface area contributed by atoms with Crippen LogP contribution >= 0.6 is 39.1 Å². The summed E-state index contributed by atoms with van der Waals surface area (Å²) in [5.41, 5.74) is 3.72. The van der Waals surface area contributed by atoms with Gasteiger partial charge in [-0.3, -0.25) is 4.90 Å². The first-order chi connectivity index (χ1) is 15.0. The quantitative estimate of drug-likeness (QED) is 0.452. The number of likely N-dealkylation sites (tertiary alicyclic amines) is 1. The average molecular weight is 528 g/mol. The van der Waals surface area contributed by atoms with Gasteiger partial charge >= 0.3 is 0 Å². The summed E-state index contributed by atoms with van der Waals surface area (Å²) in [6.07, 6.45) is 15.8. The molecule has 2 aromatic rings. The zero-order valence-corrected chi connectivity index (χ0v) is 20.8. The van der Waals surface area contributed by atoms with Crippen LogP contribution in [0, 0.1) is 10.8 Å². The van der Waals surface area contributed by atoms with Crippen molar-refractivity contribution >= 4 is 39.1 Å². The zero-order valence-electron chi connectivity index (χ0n) is 17.7. The van der Waals surface area contributed by atoms with Crippen molar-refractivity contribution in [1.82, 2.24) is 30.2 Å². The third-order valence-electron chi connectivity index (χ3n) is 6.85. The molecule has 31 heavy (non-hydrogen) atoms. The molecular formula is C22H29BrCl2N6. The van der Waals surface area contributed by atoms with Gasteiger partial charge in [-0.2, -0.15) is 0 Å². The van der Waals surface area contributed by atoms with E-state index in [1.54, 1.807) is 12.4 Å². The number of nitrogens with zero attached hydrogens (tertiary/aromatic N) is 5. The van der Waals surface area contributed by atoms with Gasteiger partial charge in [-0.1, -0.05) is 28.8 Å². The first kappa shape index (κ1) is 23.3. The highest BCUT2D eigenvalue weighted by Crippen LogP contribution is 2.48. The van der Waals surface area contributed by atoms with Gasteiger partial charge in [-0.25, -0.2) is 19.9 Å². The summed E-state index contributed by atoms with van der Waals surface area (Å²) in [5.74, 6) is 0. The van der Waals surface area contributed by atoms with E-state index in [9.17, 15) is 0 Å². The van der Waals surface area contributed by atoms with E-state index in [2.05, 4.69) is 46.1 Å². The Balaban J connectivity index is 0.000000123. The lowest BCUT2D eigenvalue weighted by atomic mass is 9.63. The summed E-state index contributed by atoms with van der Waals surface area (Å²) in [6.45, 7) is 6.12. The minimum absolute atomic E-state index is 0.291. The van der Waals surface area contributed by atoms with Crippen LogP contribution in [0.3, 0.4) is 0 Å². The van der Waals surface area contributed by atoms with Crippen LogP contribution in [0.4, 0.5) is 0 Å². The largest absolute Gasteiger partial charge is 0.316 e. The van der Waals surface area contributed by atoms with Crippen molar-refractivity contribution in [3.63, 3.8) is 0 Å². The van der Waals surface area contributed by atoms with E-state index in [1.165, 1.54) is 64.7 Å². The van der Waals surface area contributed by atoms with E-state index >= 15 is 0 Å². The topological polar surface area (TPSA) is 66.8 Å². The Morgan fingerprint density at radius 3 is 1.61 bits per heavy atom. The molecule has 4 aliphatic rings. The standard InChI is InChI=1S/C11H14ClN3.C6H11N.C5H4BrClN2/c12-10-13-4-9(5-14-10)6-15-7-11(8-15)2-1-3-11;1-2-6(3-1)4-7-5-6;6-1-4-2-8-5(7)9-3-4/h4-5H,1-3,6-8H2;7H,1-5H2;2-3H,1H2. The maximum atomic E-state index is 5.64. The fraction of sp³-hybridized carbons (Fsp3) is 0.636. The van der Waals surface area contributed by atoms with Gasteiger partial charge in [-0.05, 0) is 65.3 Å². The molecule has 0 unspecified atom stereocenters. The Kier molecular flexibility index (Phi) is 7.81. The third kappa shape index (κ3) is 6.14. The van der Waals surface area contributed by atoms with Crippen LogP contribution in [-0.2, 0) is 11.9 Å². The molecule has 2 aliphatic heterocycles. The molecule has 4 heterocycles. The molecule has 0 bridgehead atoms. The molecule has 0 radical (unpaired) electrons. The molecule has 2 spiro atoms. The van der Waals surface area contributed by atoms with Gasteiger partial charge in [0.15, 0.2) is 0 Å². The molecule has 6 rings (SSSR count).